The van der Waals surface area contributed by atoms with Crippen LogP contribution in [0.15, 0.2) is 79.9 Å². The van der Waals surface area contributed by atoms with Gasteiger partial charge in [-0.3, -0.25) is 14.4 Å². The van der Waals surface area contributed by atoms with Crippen molar-refractivity contribution in [2.75, 3.05) is 18.1 Å². The molecule has 1 aliphatic rings. The highest BCUT2D eigenvalue weighted by atomic mass is 16.6. The molecule has 0 N–H and O–H groups in total. The van der Waals surface area contributed by atoms with E-state index in [1.165, 1.54) is 17.1 Å². The number of aldehydes is 1. The minimum absolute atomic E-state index is 0.162. The number of amides is 1. The van der Waals surface area contributed by atoms with Crippen LogP contribution in [-0.4, -0.2) is 37.3 Å². The number of anilines is 1. The lowest BCUT2D eigenvalue weighted by atomic mass is 9.68. The molecule has 0 unspecified atom stereocenters. The lowest BCUT2D eigenvalue weighted by Gasteiger charge is -2.32. The third-order valence-electron chi connectivity index (χ3n) is 5.54. The summed E-state index contributed by atoms with van der Waals surface area (Å²) in [5.41, 5.74) is -0.0353. The second kappa shape index (κ2) is 10.5. The van der Waals surface area contributed by atoms with Gasteiger partial charge in [-0.2, -0.15) is 0 Å². The summed E-state index contributed by atoms with van der Waals surface area (Å²) >= 11 is 0. The summed E-state index contributed by atoms with van der Waals surface area (Å²) in [6.07, 6.45) is 2.84. The Labute approximate surface area is 192 Å². The summed E-state index contributed by atoms with van der Waals surface area (Å²) in [7, 11) is 0. The molecule has 2 aromatic rings. The van der Waals surface area contributed by atoms with Crippen LogP contribution in [0.5, 0.6) is 0 Å². The molecule has 0 aliphatic carbocycles. The molecule has 0 saturated heterocycles. The first-order valence-electron chi connectivity index (χ1n) is 10.4. The molecule has 0 fully saturated rings. The quantitative estimate of drug-likeness (QED) is 0.228. The SMILES string of the molecule is C=CCOC(=O)C(C(=O)OCC=C)[C@@]1(CC=O)C(=O)N(Cc2ccccc2)c2ccccc21. The summed E-state index contributed by atoms with van der Waals surface area (Å²) in [5.74, 6) is -4.15. The number of hydrogen-bond donors (Lipinski definition) is 0. The van der Waals surface area contributed by atoms with Crippen molar-refractivity contribution < 1.29 is 28.7 Å². The van der Waals surface area contributed by atoms with E-state index in [1.807, 2.05) is 30.3 Å². The molecule has 1 amide bonds. The fraction of sp³-hybridized carbons (Fsp3) is 0.231. The maximum atomic E-state index is 14.0. The van der Waals surface area contributed by atoms with Gasteiger partial charge < -0.3 is 19.2 Å². The number of carbonyl (C=O) groups is 4. The molecule has 7 nitrogen and oxygen atoms in total. The highest BCUT2D eigenvalue weighted by Gasteiger charge is 2.61. The second-order valence-corrected chi connectivity index (χ2v) is 7.51. The van der Waals surface area contributed by atoms with Crippen LogP contribution in [0.2, 0.25) is 0 Å². The van der Waals surface area contributed by atoms with Gasteiger partial charge in [0.2, 0.25) is 5.91 Å². The van der Waals surface area contributed by atoms with Crippen LogP contribution in [0.25, 0.3) is 0 Å². The van der Waals surface area contributed by atoms with E-state index in [-0.39, 0.29) is 19.8 Å². The number of ether oxygens (including phenoxy) is 2. The Morgan fingerprint density at radius 1 is 0.939 bits per heavy atom. The smallest absolute Gasteiger partial charge is 0.322 e. The van der Waals surface area contributed by atoms with E-state index < -0.39 is 35.6 Å². The summed E-state index contributed by atoms with van der Waals surface area (Å²) < 4.78 is 10.4. The normalized spacial score (nSPS) is 16.8. The van der Waals surface area contributed by atoms with Crippen LogP contribution in [0, 0.1) is 5.92 Å². The molecule has 0 radical (unpaired) electrons. The van der Waals surface area contributed by atoms with Crippen LogP contribution in [0.1, 0.15) is 17.5 Å². The van der Waals surface area contributed by atoms with Crippen LogP contribution in [0.3, 0.4) is 0 Å². The molecule has 1 aliphatic heterocycles. The van der Waals surface area contributed by atoms with Crippen LogP contribution in [0.4, 0.5) is 5.69 Å². The lowest BCUT2D eigenvalue weighted by Crippen LogP contribution is -2.52. The van der Waals surface area contributed by atoms with Crippen LogP contribution >= 0.6 is 0 Å². The van der Waals surface area contributed by atoms with E-state index in [1.54, 1.807) is 24.3 Å². The molecule has 1 heterocycles. The third-order valence-corrected chi connectivity index (χ3v) is 5.54. The van der Waals surface area contributed by atoms with Gasteiger partial charge in [-0.05, 0) is 17.2 Å². The van der Waals surface area contributed by atoms with Crippen molar-refractivity contribution in [3.63, 3.8) is 0 Å². The standard InChI is InChI=1S/C26H25NO6/c1-3-16-32-23(29)22(24(30)33-17-4-2)26(14-15-28)20-12-8-9-13-21(20)27(25(26)31)18-19-10-6-5-7-11-19/h3-13,15,22H,1-2,14,16-18H2/t26-/m0/s1. The van der Waals surface area contributed by atoms with Crippen LogP contribution in [-0.2, 0) is 40.6 Å². The van der Waals surface area contributed by atoms with Gasteiger partial charge in [-0.25, -0.2) is 0 Å². The molecule has 7 heteroatoms. The number of para-hydroxylation sites is 1. The lowest BCUT2D eigenvalue weighted by molar-refractivity contribution is -0.167. The molecule has 170 valence electrons. The largest absolute Gasteiger partial charge is 0.461 e. The summed E-state index contributed by atoms with van der Waals surface area (Å²) in [4.78, 5) is 53.6. The number of nitrogens with zero attached hydrogens (tertiary/aromatic N) is 1. The monoisotopic (exact) mass is 447 g/mol. The van der Waals surface area contributed by atoms with E-state index in [0.717, 1.165) is 5.56 Å². The predicted octanol–water partition coefficient (Wildman–Crippen LogP) is 3.13. The first kappa shape index (κ1) is 23.7. The maximum Gasteiger partial charge on any atom is 0.322 e. The number of carbonyl (C=O) groups excluding carboxylic acids is 4. The zero-order valence-electron chi connectivity index (χ0n) is 18.1. The van der Waals surface area contributed by atoms with E-state index in [2.05, 4.69) is 13.2 Å². The van der Waals surface area contributed by atoms with Gasteiger partial charge in [0.25, 0.3) is 0 Å². The zero-order valence-corrected chi connectivity index (χ0v) is 18.1. The molecule has 0 spiro atoms. The summed E-state index contributed by atoms with van der Waals surface area (Å²) in [5, 5.41) is 0. The molecule has 0 bridgehead atoms. The minimum atomic E-state index is -1.80. The Bertz CT molecular complexity index is 1040. The maximum absolute atomic E-state index is 14.0. The van der Waals surface area contributed by atoms with Crippen molar-refractivity contribution in [2.45, 2.75) is 18.4 Å². The van der Waals surface area contributed by atoms with Crippen molar-refractivity contribution in [2.24, 2.45) is 5.92 Å². The summed E-state index contributed by atoms with van der Waals surface area (Å²) in [6.45, 7) is 6.90. The Morgan fingerprint density at radius 2 is 1.52 bits per heavy atom. The van der Waals surface area contributed by atoms with Gasteiger partial charge in [0, 0.05) is 12.1 Å². The number of hydrogen-bond acceptors (Lipinski definition) is 6. The predicted molar refractivity (Wildman–Crippen MR) is 122 cm³/mol. The van der Waals surface area contributed by atoms with Crippen molar-refractivity contribution in [1.29, 1.82) is 0 Å². The number of rotatable bonds is 11. The Kier molecular flexibility index (Phi) is 7.56. The number of benzene rings is 2. The van der Waals surface area contributed by atoms with Gasteiger partial charge in [0.05, 0.1) is 6.54 Å². The molecular weight excluding hydrogens is 422 g/mol. The topological polar surface area (TPSA) is 90.0 Å². The molecule has 2 aromatic carbocycles. The van der Waals surface area contributed by atoms with Gasteiger partial charge in [-0.1, -0.05) is 73.8 Å². The molecular formula is C26H25NO6. The first-order chi connectivity index (χ1) is 16.0. The van der Waals surface area contributed by atoms with E-state index >= 15 is 0 Å². The fourth-order valence-corrected chi connectivity index (χ4v) is 4.15. The molecule has 0 saturated carbocycles. The highest BCUT2D eigenvalue weighted by molar-refractivity contribution is 6.15. The van der Waals surface area contributed by atoms with Gasteiger partial charge in [-0.15, -0.1) is 0 Å². The van der Waals surface area contributed by atoms with Crippen molar-refractivity contribution in [3.05, 3.63) is 91.0 Å². The fourth-order valence-electron chi connectivity index (χ4n) is 4.15. The van der Waals surface area contributed by atoms with Crippen molar-refractivity contribution in [1.82, 2.24) is 0 Å². The second-order valence-electron chi connectivity index (χ2n) is 7.51. The van der Waals surface area contributed by atoms with E-state index in [0.29, 0.717) is 17.5 Å². The Balaban J connectivity index is 2.17. The average molecular weight is 447 g/mol. The highest BCUT2D eigenvalue weighted by Crippen LogP contribution is 2.49. The Morgan fingerprint density at radius 3 is 2.09 bits per heavy atom. The molecule has 33 heavy (non-hydrogen) atoms. The van der Waals surface area contributed by atoms with Gasteiger partial charge in [0.1, 0.15) is 24.9 Å². The zero-order chi connectivity index (χ0) is 23.8. The van der Waals surface area contributed by atoms with Gasteiger partial charge >= 0.3 is 11.9 Å². The first-order valence-corrected chi connectivity index (χ1v) is 10.4. The molecule has 0 aromatic heterocycles. The number of fused-ring (bicyclic) bond motifs is 1. The van der Waals surface area contributed by atoms with Crippen LogP contribution < -0.4 is 4.90 Å². The van der Waals surface area contributed by atoms with E-state index in [9.17, 15) is 19.2 Å². The van der Waals surface area contributed by atoms with Gasteiger partial charge in [0.15, 0.2) is 5.92 Å². The average Bonchev–Trinajstić information content (AvgIpc) is 3.06. The van der Waals surface area contributed by atoms with Crippen molar-refractivity contribution >= 4 is 29.8 Å². The van der Waals surface area contributed by atoms with E-state index in [4.69, 9.17) is 9.47 Å². The Hall–Kier alpha value is -4.00. The third kappa shape index (κ3) is 4.48. The summed E-state index contributed by atoms with van der Waals surface area (Å²) in [6, 6.07) is 16.1. The number of esters is 2. The van der Waals surface area contributed by atoms with Crippen molar-refractivity contribution in [3.8, 4) is 0 Å². The molecule has 3 rings (SSSR count). The molecule has 1 atom stereocenters. The minimum Gasteiger partial charge on any atom is -0.461 e.